The number of pyridine rings is 1. The van der Waals surface area contributed by atoms with Crippen molar-refractivity contribution < 1.29 is 4.74 Å². The normalized spacial score (nSPS) is 18.6. The fourth-order valence-corrected chi connectivity index (χ4v) is 3.82. The van der Waals surface area contributed by atoms with E-state index in [2.05, 4.69) is 33.5 Å². The molecule has 4 nitrogen and oxygen atoms in total. The van der Waals surface area contributed by atoms with Gasteiger partial charge >= 0.3 is 0 Å². The SMILES string of the molecule is c1ccc(-c2nc(C3COCCN3Cc3ccccn3)cs2)cc1. The van der Waals surface area contributed by atoms with Crippen molar-refractivity contribution in [3.8, 4) is 10.6 Å². The van der Waals surface area contributed by atoms with Crippen molar-refractivity contribution in [2.24, 2.45) is 0 Å². The predicted octanol–water partition coefficient (Wildman–Crippen LogP) is 3.78. The standard InChI is InChI=1S/C19H19N3OS/c1-2-6-15(7-3-1)19-21-17(14-24-19)18-13-23-11-10-22(18)12-16-8-4-5-9-20-16/h1-9,14,18H,10-13H2. The summed E-state index contributed by atoms with van der Waals surface area (Å²) >= 11 is 1.70. The predicted molar refractivity (Wildman–Crippen MR) is 95.8 cm³/mol. The summed E-state index contributed by atoms with van der Waals surface area (Å²) in [6.45, 7) is 3.18. The van der Waals surface area contributed by atoms with Crippen LogP contribution in [0.2, 0.25) is 0 Å². The van der Waals surface area contributed by atoms with Crippen molar-refractivity contribution in [1.29, 1.82) is 0 Å². The van der Waals surface area contributed by atoms with Gasteiger partial charge in [-0.25, -0.2) is 4.98 Å². The molecule has 1 atom stereocenters. The summed E-state index contributed by atoms with van der Waals surface area (Å²) in [4.78, 5) is 11.7. The molecule has 0 radical (unpaired) electrons. The first-order valence-corrected chi connectivity index (χ1v) is 9.01. The monoisotopic (exact) mass is 337 g/mol. The Bertz CT molecular complexity index is 776. The summed E-state index contributed by atoms with van der Waals surface area (Å²) < 4.78 is 5.72. The van der Waals surface area contributed by atoms with E-state index < -0.39 is 0 Å². The van der Waals surface area contributed by atoms with Gasteiger partial charge in [-0.05, 0) is 12.1 Å². The van der Waals surface area contributed by atoms with Crippen LogP contribution in [0.4, 0.5) is 0 Å². The zero-order valence-corrected chi connectivity index (χ0v) is 14.2. The zero-order valence-electron chi connectivity index (χ0n) is 13.3. The van der Waals surface area contributed by atoms with Gasteiger partial charge in [0.15, 0.2) is 0 Å². The van der Waals surface area contributed by atoms with Crippen molar-refractivity contribution in [1.82, 2.24) is 14.9 Å². The van der Waals surface area contributed by atoms with E-state index in [1.54, 1.807) is 11.3 Å². The first kappa shape index (κ1) is 15.4. The van der Waals surface area contributed by atoms with Gasteiger partial charge in [-0.3, -0.25) is 9.88 Å². The summed E-state index contributed by atoms with van der Waals surface area (Å²) in [6.07, 6.45) is 1.85. The lowest BCUT2D eigenvalue weighted by Crippen LogP contribution is -2.39. The van der Waals surface area contributed by atoms with Gasteiger partial charge in [0.1, 0.15) is 5.01 Å². The summed E-state index contributed by atoms with van der Waals surface area (Å²) in [6, 6.07) is 16.6. The maximum atomic E-state index is 5.72. The highest BCUT2D eigenvalue weighted by Crippen LogP contribution is 2.30. The molecule has 0 bridgehead atoms. The second kappa shape index (κ2) is 7.21. The minimum atomic E-state index is 0.189. The molecule has 1 saturated heterocycles. The van der Waals surface area contributed by atoms with E-state index >= 15 is 0 Å². The zero-order chi connectivity index (χ0) is 16.2. The van der Waals surface area contributed by atoms with E-state index in [1.165, 1.54) is 5.56 Å². The Hall–Kier alpha value is -2.08. The number of rotatable bonds is 4. The number of benzene rings is 1. The van der Waals surface area contributed by atoms with Crippen LogP contribution in [-0.2, 0) is 11.3 Å². The van der Waals surface area contributed by atoms with Crippen LogP contribution in [0.25, 0.3) is 10.6 Å². The third-order valence-electron chi connectivity index (χ3n) is 4.21. The van der Waals surface area contributed by atoms with E-state index in [9.17, 15) is 0 Å². The minimum Gasteiger partial charge on any atom is -0.378 e. The van der Waals surface area contributed by atoms with Crippen LogP contribution in [-0.4, -0.2) is 34.6 Å². The van der Waals surface area contributed by atoms with Crippen LogP contribution in [0, 0.1) is 0 Å². The summed E-state index contributed by atoms with van der Waals surface area (Å²) in [5.74, 6) is 0. The number of hydrogen-bond acceptors (Lipinski definition) is 5. The largest absolute Gasteiger partial charge is 0.378 e. The molecule has 4 rings (SSSR count). The first-order valence-electron chi connectivity index (χ1n) is 8.13. The molecular formula is C19H19N3OS. The van der Waals surface area contributed by atoms with E-state index in [1.807, 2.05) is 36.5 Å². The van der Waals surface area contributed by atoms with Crippen molar-refractivity contribution in [3.05, 3.63) is 71.5 Å². The second-order valence-corrected chi connectivity index (χ2v) is 6.68. The van der Waals surface area contributed by atoms with Crippen LogP contribution < -0.4 is 0 Å². The van der Waals surface area contributed by atoms with Crippen molar-refractivity contribution in [3.63, 3.8) is 0 Å². The molecule has 3 aromatic rings. The molecular weight excluding hydrogens is 318 g/mol. The lowest BCUT2D eigenvalue weighted by Gasteiger charge is -2.34. The highest BCUT2D eigenvalue weighted by atomic mass is 32.1. The second-order valence-electron chi connectivity index (χ2n) is 5.83. The maximum Gasteiger partial charge on any atom is 0.123 e. The fraction of sp³-hybridized carbons (Fsp3) is 0.263. The quantitative estimate of drug-likeness (QED) is 0.726. The van der Waals surface area contributed by atoms with Gasteiger partial charge in [0.2, 0.25) is 0 Å². The maximum absolute atomic E-state index is 5.72. The van der Waals surface area contributed by atoms with Crippen LogP contribution >= 0.6 is 11.3 Å². The molecule has 1 aliphatic heterocycles. The first-order chi connectivity index (χ1) is 11.9. The molecule has 24 heavy (non-hydrogen) atoms. The fourth-order valence-electron chi connectivity index (χ4n) is 2.95. The molecule has 122 valence electrons. The Morgan fingerprint density at radius 1 is 1.12 bits per heavy atom. The van der Waals surface area contributed by atoms with Gasteiger partial charge in [-0.1, -0.05) is 36.4 Å². The van der Waals surface area contributed by atoms with Gasteiger partial charge in [0.05, 0.1) is 30.6 Å². The average molecular weight is 337 g/mol. The summed E-state index contributed by atoms with van der Waals surface area (Å²) in [5, 5.41) is 3.22. The Morgan fingerprint density at radius 2 is 2.00 bits per heavy atom. The van der Waals surface area contributed by atoms with E-state index in [4.69, 9.17) is 9.72 Å². The number of aromatic nitrogens is 2. The minimum absolute atomic E-state index is 0.189. The molecule has 0 saturated carbocycles. The number of morpholine rings is 1. The van der Waals surface area contributed by atoms with E-state index in [-0.39, 0.29) is 6.04 Å². The van der Waals surface area contributed by atoms with Crippen LogP contribution in [0.3, 0.4) is 0 Å². The van der Waals surface area contributed by atoms with Crippen molar-refractivity contribution >= 4 is 11.3 Å². The Labute approximate surface area is 145 Å². The smallest absolute Gasteiger partial charge is 0.123 e. The molecule has 1 aromatic carbocycles. The Kier molecular flexibility index (Phi) is 4.64. The molecule has 0 N–H and O–H groups in total. The van der Waals surface area contributed by atoms with Crippen LogP contribution in [0.1, 0.15) is 17.4 Å². The Balaban J connectivity index is 1.56. The highest BCUT2D eigenvalue weighted by Gasteiger charge is 2.27. The highest BCUT2D eigenvalue weighted by molar-refractivity contribution is 7.13. The lowest BCUT2D eigenvalue weighted by molar-refractivity contribution is -0.0145. The van der Waals surface area contributed by atoms with E-state index in [0.29, 0.717) is 6.61 Å². The molecule has 1 fully saturated rings. The molecule has 5 heteroatoms. The molecule has 3 heterocycles. The third-order valence-corrected chi connectivity index (χ3v) is 5.12. The van der Waals surface area contributed by atoms with Gasteiger partial charge in [-0.2, -0.15) is 0 Å². The average Bonchev–Trinajstić information content (AvgIpc) is 3.14. The van der Waals surface area contributed by atoms with Gasteiger partial charge in [0.25, 0.3) is 0 Å². The van der Waals surface area contributed by atoms with Crippen LogP contribution in [0.15, 0.2) is 60.1 Å². The molecule has 1 aliphatic rings. The van der Waals surface area contributed by atoms with Gasteiger partial charge in [-0.15, -0.1) is 11.3 Å². The number of hydrogen-bond donors (Lipinski definition) is 0. The van der Waals surface area contributed by atoms with Gasteiger partial charge in [0, 0.05) is 30.2 Å². The van der Waals surface area contributed by atoms with Crippen molar-refractivity contribution in [2.75, 3.05) is 19.8 Å². The van der Waals surface area contributed by atoms with Crippen LogP contribution in [0.5, 0.6) is 0 Å². The Morgan fingerprint density at radius 3 is 2.83 bits per heavy atom. The summed E-state index contributed by atoms with van der Waals surface area (Å²) in [7, 11) is 0. The third kappa shape index (κ3) is 3.38. The molecule has 2 aromatic heterocycles. The van der Waals surface area contributed by atoms with Gasteiger partial charge < -0.3 is 4.74 Å². The number of ether oxygens (including phenoxy) is 1. The lowest BCUT2D eigenvalue weighted by atomic mass is 10.1. The molecule has 0 amide bonds. The topological polar surface area (TPSA) is 38.2 Å². The van der Waals surface area contributed by atoms with Crippen molar-refractivity contribution in [2.45, 2.75) is 12.6 Å². The molecule has 0 spiro atoms. The summed E-state index contributed by atoms with van der Waals surface area (Å²) in [5.41, 5.74) is 3.35. The molecule has 0 aliphatic carbocycles. The number of thiazole rings is 1. The van der Waals surface area contributed by atoms with E-state index in [0.717, 1.165) is 36.1 Å². The molecule has 1 unspecified atom stereocenters. The number of nitrogens with zero attached hydrogens (tertiary/aromatic N) is 3.